The predicted molar refractivity (Wildman–Crippen MR) is 66.0 cm³/mol. The van der Waals surface area contributed by atoms with E-state index in [1.807, 2.05) is 24.8 Å². The molecule has 0 radical (unpaired) electrons. The molecule has 1 saturated heterocycles. The van der Waals surface area contributed by atoms with Crippen LogP contribution in [0.25, 0.3) is 0 Å². The van der Waals surface area contributed by atoms with E-state index in [9.17, 15) is 4.79 Å². The Hall–Kier alpha value is -0.770. The molecule has 0 saturated carbocycles. The molecule has 1 fully saturated rings. The van der Waals surface area contributed by atoms with Gasteiger partial charge in [-0.1, -0.05) is 15.9 Å². The lowest BCUT2D eigenvalue weighted by Crippen LogP contribution is -2.36. The van der Waals surface area contributed by atoms with E-state index in [0.29, 0.717) is 11.6 Å². The lowest BCUT2D eigenvalue weighted by atomic mass is 10.2. The van der Waals surface area contributed by atoms with Crippen LogP contribution in [0.1, 0.15) is 34.7 Å². The molecule has 2 rings (SSSR count). The molecule has 0 spiro atoms. The number of nitrogens with zero attached hydrogens (tertiary/aromatic N) is 1. The minimum Gasteiger partial charge on any atom is -0.466 e. The lowest BCUT2D eigenvalue weighted by molar-refractivity contribution is 0.0749. The van der Waals surface area contributed by atoms with Crippen LogP contribution in [0.4, 0.5) is 0 Å². The first-order chi connectivity index (χ1) is 7.63. The monoisotopic (exact) mass is 285 g/mol. The third-order valence-electron chi connectivity index (χ3n) is 3.09. The van der Waals surface area contributed by atoms with Crippen LogP contribution < -0.4 is 0 Å². The van der Waals surface area contributed by atoms with E-state index in [-0.39, 0.29) is 5.91 Å². The van der Waals surface area contributed by atoms with E-state index in [4.69, 9.17) is 4.42 Å². The number of likely N-dealkylation sites (tertiary alicyclic amines) is 1. The van der Waals surface area contributed by atoms with Gasteiger partial charge in [0.1, 0.15) is 11.5 Å². The van der Waals surface area contributed by atoms with Gasteiger partial charge in [-0.2, -0.15) is 0 Å². The number of halogens is 1. The maximum Gasteiger partial charge on any atom is 0.257 e. The van der Waals surface area contributed by atoms with Crippen molar-refractivity contribution in [3.8, 4) is 0 Å². The quantitative estimate of drug-likeness (QED) is 0.783. The minimum atomic E-state index is 0.108. The fourth-order valence-electron chi connectivity index (χ4n) is 2.26. The number of carbonyl (C=O) groups is 1. The van der Waals surface area contributed by atoms with E-state index in [0.717, 1.165) is 36.2 Å². The van der Waals surface area contributed by atoms with Crippen molar-refractivity contribution in [3.63, 3.8) is 0 Å². The molecular weight excluding hydrogens is 270 g/mol. The summed E-state index contributed by atoms with van der Waals surface area (Å²) in [6.45, 7) is 4.58. The largest absolute Gasteiger partial charge is 0.466 e. The number of furan rings is 1. The van der Waals surface area contributed by atoms with Crippen LogP contribution in [0.5, 0.6) is 0 Å². The van der Waals surface area contributed by atoms with E-state index >= 15 is 0 Å². The van der Waals surface area contributed by atoms with Crippen LogP contribution >= 0.6 is 15.9 Å². The third-order valence-corrected chi connectivity index (χ3v) is 3.83. The van der Waals surface area contributed by atoms with Gasteiger partial charge in [-0.3, -0.25) is 4.79 Å². The van der Waals surface area contributed by atoms with Gasteiger partial charge in [0.2, 0.25) is 0 Å². The highest BCUT2D eigenvalue weighted by molar-refractivity contribution is 9.09. The molecule has 1 atom stereocenters. The molecule has 3 nitrogen and oxygen atoms in total. The van der Waals surface area contributed by atoms with Gasteiger partial charge < -0.3 is 9.32 Å². The first kappa shape index (κ1) is 11.7. The molecule has 1 amide bonds. The van der Waals surface area contributed by atoms with Gasteiger partial charge in [0.25, 0.3) is 5.91 Å². The average Bonchev–Trinajstić information content (AvgIpc) is 2.83. The summed E-state index contributed by atoms with van der Waals surface area (Å²) in [5.74, 6) is 1.63. The van der Waals surface area contributed by atoms with Crippen molar-refractivity contribution >= 4 is 21.8 Å². The molecule has 1 aliphatic heterocycles. The highest BCUT2D eigenvalue weighted by Gasteiger charge is 2.30. The second kappa shape index (κ2) is 4.62. The normalized spacial score (nSPS) is 20.4. The van der Waals surface area contributed by atoms with Crippen LogP contribution in [-0.4, -0.2) is 28.7 Å². The number of amides is 1. The van der Waals surface area contributed by atoms with Gasteiger partial charge >= 0.3 is 0 Å². The molecule has 1 aliphatic rings. The van der Waals surface area contributed by atoms with Crippen LogP contribution in [0.3, 0.4) is 0 Å². The summed E-state index contributed by atoms with van der Waals surface area (Å²) in [5, 5.41) is 0.856. The first-order valence-electron chi connectivity index (χ1n) is 5.57. The standard InChI is InChI=1S/C12H16BrNO2/c1-8-6-11(9(2)16-8)12(15)14-5-3-4-10(14)7-13/h6,10H,3-5,7H2,1-2H3. The Morgan fingerprint density at radius 1 is 1.62 bits per heavy atom. The summed E-state index contributed by atoms with van der Waals surface area (Å²) >= 11 is 3.46. The van der Waals surface area contributed by atoms with Crippen molar-refractivity contribution in [1.82, 2.24) is 4.90 Å². The van der Waals surface area contributed by atoms with Crippen molar-refractivity contribution in [1.29, 1.82) is 0 Å². The molecular formula is C12H16BrNO2. The van der Waals surface area contributed by atoms with Crippen LogP contribution in [0.15, 0.2) is 10.5 Å². The number of hydrogen-bond donors (Lipinski definition) is 0. The van der Waals surface area contributed by atoms with Gasteiger partial charge in [-0.05, 0) is 32.8 Å². The summed E-state index contributed by atoms with van der Waals surface area (Å²) in [6.07, 6.45) is 2.19. The van der Waals surface area contributed by atoms with Gasteiger partial charge in [0, 0.05) is 17.9 Å². The minimum absolute atomic E-state index is 0.108. The molecule has 1 aromatic rings. The summed E-state index contributed by atoms with van der Waals surface area (Å²) < 4.78 is 5.40. The van der Waals surface area contributed by atoms with Crippen molar-refractivity contribution in [2.24, 2.45) is 0 Å². The smallest absolute Gasteiger partial charge is 0.257 e. The number of rotatable bonds is 2. The molecule has 0 aromatic carbocycles. The number of hydrogen-bond acceptors (Lipinski definition) is 2. The topological polar surface area (TPSA) is 33.5 Å². The third kappa shape index (κ3) is 2.03. The Balaban J connectivity index is 2.21. The van der Waals surface area contributed by atoms with E-state index in [1.165, 1.54) is 0 Å². The van der Waals surface area contributed by atoms with E-state index < -0.39 is 0 Å². The van der Waals surface area contributed by atoms with Crippen LogP contribution in [0.2, 0.25) is 0 Å². The SMILES string of the molecule is Cc1cc(C(=O)N2CCCC2CBr)c(C)o1. The van der Waals surface area contributed by atoms with Gasteiger partial charge in [-0.25, -0.2) is 0 Å². The molecule has 0 N–H and O–H groups in total. The molecule has 4 heteroatoms. The first-order valence-corrected chi connectivity index (χ1v) is 6.69. The highest BCUT2D eigenvalue weighted by Crippen LogP contribution is 2.24. The zero-order valence-corrected chi connectivity index (χ0v) is 11.2. The van der Waals surface area contributed by atoms with Gasteiger partial charge in [-0.15, -0.1) is 0 Å². The predicted octanol–water partition coefficient (Wildman–Crippen LogP) is 2.90. The molecule has 1 aromatic heterocycles. The summed E-state index contributed by atoms with van der Waals surface area (Å²) in [7, 11) is 0. The Labute approximate surface area is 104 Å². The Kier molecular flexibility index (Phi) is 3.38. The number of alkyl halides is 1. The van der Waals surface area contributed by atoms with Crippen molar-refractivity contribution < 1.29 is 9.21 Å². The van der Waals surface area contributed by atoms with E-state index in [1.54, 1.807) is 0 Å². The Morgan fingerprint density at radius 2 is 2.38 bits per heavy atom. The number of aryl methyl sites for hydroxylation is 2. The lowest BCUT2D eigenvalue weighted by Gasteiger charge is -2.22. The van der Waals surface area contributed by atoms with Crippen molar-refractivity contribution in [2.45, 2.75) is 32.7 Å². The second-order valence-electron chi connectivity index (χ2n) is 4.28. The average molecular weight is 286 g/mol. The summed E-state index contributed by atoms with van der Waals surface area (Å²) in [4.78, 5) is 14.2. The molecule has 16 heavy (non-hydrogen) atoms. The fourth-order valence-corrected chi connectivity index (χ4v) is 2.93. The molecule has 1 unspecified atom stereocenters. The zero-order valence-electron chi connectivity index (χ0n) is 9.62. The fraction of sp³-hybridized carbons (Fsp3) is 0.583. The van der Waals surface area contributed by atoms with Crippen LogP contribution in [-0.2, 0) is 0 Å². The second-order valence-corrected chi connectivity index (χ2v) is 4.92. The summed E-state index contributed by atoms with van der Waals surface area (Å²) in [6, 6.07) is 2.17. The summed E-state index contributed by atoms with van der Waals surface area (Å²) in [5.41, 5.74) is 0.713. The van der Waals surface area contributed by atoms with E-state index in [2.05, 4.69) is 15.9 Å². The zero-order chi connectivity index (χ0) is 11.7. The van der Waals surface area contributed by atoms with Gasteiger partial charge in [0.05, 0.1) is 5.56 Å². The molecule has 2 heterocycles. The molecule has 88 valence electrons. The number of carbonyl (C=O) groups excluding carboxylic acids is 1. The highest BCUT2D eigenvalue weighted by atomic mass is 79.9. The Bertz CT molecular complexity index is 400. The maximum absolute atomic E-state index is 12.3. The Morgan fingerprint density at radius 3 is 2.94 bits per heavy atom. The maximum atomic E-state index is 12.3. The van der Waals surface area contributed by atoms with Crippen molar-refractivity contribution in [2.75, 3.05) is 11.9 Å². The van der Waals surface area contributed by atoms with Crippen molar-refractivity contribution in [3.05, 3.63) is 23.2 Å². The molecule has 0 bridgehead atoms. The van der Waals surface area contributed by atoms with Crippen LogP contribution in [0, 0.1) is 13.8 Å². The van der Waals surface area contributed by atoms with Gasteiger partial charge in [0.15, 0.2) is 0 Å². The molecule has 0 aliphatic carbocycles.